The van der Waals surface area contributed by atoms with Crippen molar-refractivity contribution in [1.29, 1.82) is 0 Å². The standard InChI is InChI=1S/C15H18NO.HI/c1-16(12-15-7-4-10-17-15)9-8-13-5-2-3-6-14(13)11-16;/h2-7,10H,8-9,11-12H2,1H3;1H/q+1;/p-1. The van der Waals surface area contributed by atoms with E-state index in [1.807, 2.05) is 6.07 Å². The Labute approximate surface area is 125 Å². The fraction of sp³-hybridized carbons (Fsp3) is 0.333. The number of furan rings is 1. The number of hydrogen-bond donors (Lipinski definition) is 0. The SMILES string of the molecule is C[N+]1(Cc2ccco2)CCc2ccccc2C1.[I-]. The summed E-state index contributed by atoms with van der Waals surface area (Å²) in [6, 6.07) is 12.8. The number of rotatable bonds is 2. The summed E-state index contributed by atoms with van der Waals surface area (Å²) in [5.74, 6) is 1.09. The van der Waals surface area contributed by atoms with Gasteiger partial charge in [-0.25, -0.2) is 0 Å². The van der Waals surface area contributed by atoms with Crippen molar-refractivity contribution in [3.05, 3.63) is 59.5 Å². The molecular weight excluding hydrogens is 337 g/mol. The second-order valence-electron chi connectivity index (χ2n) is 5.26. The Hall–Kier alpha value is -0.810. The molecule has 18 heavy (non-hydrogen) atoms. The molecule has 1 atom stereocenters. The van der Waals surface area contributed by atoms with Gasteiger partial charge in [0.15, 0.2) is 5.76 Å². The van der Waals surface area contributed by atoms with E-state index < -0.39 is 0 Å². The first-order chi connectivity index (χ1) is 8.25. The molecule has 2 aromatic rings. The predicted molar refractivity (Wildman–Crippen MR) is 67.3 cm³/mol. The van der Waals surface area contributed by atoms with Crippen LogP contribution in [0.2, 0.25) is 0 Å². The third kappa shape index (κ3) is 2.78. The summed E-state index contributed by atoms with van der Waals surface area (Å²) in [7, 11) is 2.32. The average molecular weight is 355 g/mol. The van der Waals surface area contributed by atoms with Crippen LogP contribution in [0.3, 0.4) is 0 Å². The minimum atomic E-state index is 0. The highest BCUT2D eigenvalue weighted by molar-refractivity contribution is 5.27. The van der Waals surface area contributed by atoms with Crippen molar-refractivity contribution in [1.82, 2.24) is 0 Å². The van der Waals surface area contributed by atoms with Gasteiger partial charge in [-0.05, 0) is 17.7 Å². The maximum Gasteiger partial charge on any atom is 0.158 e. The van der Waals surface area contributed by atoms with Gasteiger partial charge in [0.1, 0.15) is 13.1 Å². The molecule has 1 aromatic heterocycles. The number of hydrogen-bond acceptors (Lipinski definition) is 1. The molecule has 0 aliphatic carbocycles. The topological polar surface area (TPSA) is 13.1 Å². The van der Waals surface area contributed by atoms with Gasteiger partial charge in [-0.2, -0.15) is 0 Å². The summed E-state index contributed by atoms with van der Waals surface area (Å²) in [6.45, 7) is 3.29. The van der Waals surface area contributed by atoms with Crippen molar-refractivity contribution in [2.45, 2.75) is 19.5 Å². The van der Waals surface area contributed by atoms with Crippen LogP contribution in [0, 0.1) is 0 Å². The Balaban J connectivity index is 0.00000120. The van der Waals surface area contributed by atoms with Crippen LogP contribution in [0.5, 0.6) is 0 Å². The fourth-order valence-electron chi connectivity index (χ4n) is 2.75. The fourth-order valence-corrected chi connectivity index (χ4v) is 2.75. The minimum Gasteiger partial charge on any atom is -1.00 e. The summed E-state index contributed by atoms with van der Waals surface area (Å²) in [5, 5.41) is 0. The molecule has 0 amide bonds. The molecule has 1 unspecified atom stereocenters. The average Bonchev–Trinajstić information content (AvgIpc) is 2.81. The Kier molecular flexibility index (Phi) is 4.12. The normalized spacial score (nSPS) is 22.1. The molecule has 0 spiro atoms. The molecule has 2 heterocycles. The molecule has 2 nitrogen and oxygen atoms in total. The molecule has 0 fully saturated rings. The van der Waals surface area contributed by atoms with Gasteiger partial charge in [0.05, 0.1) is 19.9 Å². The van der Waals surface area contributed by atoms with Gasteiger partial charge in [-0.3, -0.25) is 0 Å². The predicted octanol–water partition coefficient (Wildman–Crippen LogP) is -0.0135. The molecule has 0 radical (unpaired) electrons. The lowest BCUT2D eigenvalue weighted by molar-refractivity contribution is -0.938. The van der Waals surface area contributed by atoms with E-state index in [0.29, 0.717) is 0 Å². The Morgan fingerprint density at radius 2 is 1.89 bits per heavy atom. The molecule has 1 aliphatic rings. The summed E-state index contributed by atoms with van der Waals surface area (Å²) in [4.78, 5) is 0. The Morgan fingerprint density at radius 3 is 2.61 bits per heavy atom. The summed E-state index contributed by atoms with van der Waals surface area (Å²) in [6.07, 6.45) is 2.94. The molecule has 3 heteroatoms. The van der Waals surface area contributed by atoms with Gasteiger partial charge < -0.3 is 32.9 Å². The largest absolute Gasteiger partial charge is 1.00 e. The van der Waals surface area contributed by atoms with Gasteiger partial charge in [0, 0.05) is 12.0 Å². The first-order valence-electron chi connectivity index (χ1n) is 6.18. The summed E-state index contributed by atoms with van der Waals surface area (Å²) >= 11 is 0. The maximum absolute atomic E-state index is 5.47. The van der Waals surface area contributed by atoms with Gasteiger partial charge in [0.2, 0.25) is 0 Å². The van der Waals surface area contributed by atoms with Crippen LogP contribution in [-0.2, 0) is 19.5 Å². The molecule has 96 valence electrons. The summed E-state index contributed by atoms with van der Waals surface area (Å²) < 4.78 is 6.52. The van der Waals surface area contributed by atoms with Crippen LogP contribution in [0.25, 0.3) is 0 Å². The zero-order valence-corrected chi connectivity index (χ0v) is 12.8. The first-order valence-corrected chi connectivity index (χ1v) is 6.18. The van der Waals surface area contributed by atoms with E-state index in [2.05, 4.69) is 37.4 Å². The molecule has 1 aliphatic heterocycles. The molecule has 0 saturated heterocycles. The third-order valence-electron chi connectivity index (χ3n) is 3.71. The third-order valence-corrected chi connectivity index (χ3v) is 3.71. The van der Waals surface area contributed by atoms with E-state index in [0.717, 1.165) is 23.3 Å². The van der Waals surface area contributed by atoms with Crippen LogP contribution in [0.4, 0.5) is 0 Å². The van der Waals surface area contributed by atoms with E-state index in [1.54, 1.807) is 6.26 Å². The zero-order valence-electron chi connectivity index (χ0n) is 10.6. The van der Waals surface area contributed by atoms with Gasteiger partial charge >= 0.3 is 0 Å². The van der Waals surface area contributed by atoms with Crippen molar-refractivity contribution >= 4 is 0 Å². The van der Waals surface area contributed by atoms with E-state index in [4.69, 9.17) is 4.42 Å². The zero-order chi connectivity index (χ0) is 11.7. The van der Waals surface area contributed by atoms with Crippen LogP contribution in [0.15, 0.2) is 47.1 Å². The number of nitrogens with zero attached hydrogens (tertiary/aromatic N) is 1. The highest BCUT2D eigenvalue weighted by Crippen LogP contribution is 2.25. The van der Waals surface area contributed by atoms with Crippen molar-refractivity contribution < 1.29 is 32.9 Å². The lowest BCUT2D eigenvalue weighted by atomic mass is 9.98. The van der Waals surface area contributed by atoms with E-state index >= 15 is 0 Å². The second-order valence-corrected chi connectivity index (χ2v) is 5.26. The molecule has 1 aromatic carbocycles. The van der Waals surface area contributed by atoms with Gasteiger partial charge in [-0.15, -0.1) is 0 Å². The quantitative estimate of drug-likeness (QED) is 0.546. The molecule has 0 N–H and O–H groups in total. The minimum absolute atomic E-state index is 0. The van der Waals surface area contributed by atoms with Crippen molar-refractivity contribution in [2.75, 3.05) is 13.6 Å². The number of halogens is 1. The van der Waals surface area contributed by atoms with Crippen LogP contribution >= 0.6 is 0 Å². The first kappa shape index (κ1) is 13.6. The monoisotopic (exact) mass is 355 g/mol. The number of quaternary nitrogens is 1. The number of fused-ring (bicyclic) bond motifs is 1. The van der Waals surface area contributed by atoms with Crippen molar-refractivity contribution in [3.8, 4) is 0 Å². The summed E-state index contributed by atoms with van der Waals surface area (Å²) in [5.41, 5.74) is 3.01. The highest BCUT2D eigenvalue weighted by Gasteiger charge is 2.29. The van der Waals surface area contributed by atoms with E-state index in [9.17, 15) is 0 Å². The number of likely N-dealkylation sites (N-methyl/N-ethyl adjacent to an activating group) is 1. The lowest BCUT2D eigenvalue weighted by Gasteiger charge is -2.38. The van der Waals surface area contributed by atoms with Crippen LogP contribution in [0.1, 0.15) is 16.9 Å². The Bertz CT molecular complexity index is 509. The van der Waals surface area contributed by atoms with Crippen molar-refractivity contribution in [2.24, 2.45) is 0 Å². The van der Waals surface area contributed by atoms with Gasteiger partial charge in [0.25, 0.3) is 0 Å². The maximum atomic E-state index is 5.47. The van der Waals surface area contributed by atoms with E-state index in [1.165, 1.54) is 24.1 Å². The second kappa shape index (κ2) is 5.45. The molecular formula is C15H18INO. The van der Waals surface area contributed by atoms with E-state index in [-0.39, 0.29) is 24.0 Å². The number of benzene rings is 1. The van der Waals surface area contributed by atoms with Crippen LogP contribution < -0.4 is 24.0 Å². The van der Waals surface area contributed by atoms with Crippen LogP contribution in [-0.4, -0.2) is 18.1 Å². The molecule has 3 rings (SSSR count). The highest BCUT2D eigenvalue weighted by atomic mass is 127. The Morgan fingerprint density at radius 1 is 1.11 bits per heavy atom. The molecule has 0 saturated carbocycles. The smallest absolute Gasteiger partial charge is 0.158 e. The molecule has 0 bridgehead atoms. The van der Waals surface area contributed by atoms with Crippen molar-refractivity contribution in [3.63, 3.8) is 0 Å². The lowest BCUT2D eigenvalue weighted by Crippen LogP contribution is -3.00. The van der Waals surface area contributed by atoms with Gasteiger partial charge in [-0.1, -0.05) is 24.3 Å².